The molecule has 4 aliphatic rings. The highest BCUT2D eigenvalue weighted by Gasteiger charge is 2.34. The number of nitrogens with two attached hydrogens (primary N) is 2. The van der Waals surface area contributed by atoms with Crippen LogP contribution in [0.3, 0.4) is 0 Å². The number of hydroxylamine groups is 2. The van der Waals surface area contributed by atoms with E-state index in [1.165, 1.54) is 7.11 Å². The third-order valence-corrected chi connectivity index (χ3v) is 14.4. The number of nitrogens with zero attached hydrogens (tertiary/aromatic N) is 4. The van der Waals surface area contributed by atoms with Crippen LogP contribution in [0.25, 0.3) is 0 Å². The van der Waals surface area contributed by atoms with Crippen molar-refractivity contribution in [3.63, 3.8) is 0 Å². The lowest BCUT2D eigenvalue weighted by molar-refractivity contribution is -0.198. The third-order valence-electron chi connectivity index (χ3n) is 14.4. The van der Waals surface area contributed by atoms with Crippen molar-refractivity contribution < 1.29 is 148 Å². The van der Waals surface area contributed by atoms with Gasteiger partial charge >= 0.3 is 18.2 Å². The Morgan fingerprint density at radius 3 is 0.973 bits per heavy atom. The Labute approximate surface area is 644 Å². The van der Waals surface area contributed by atoms with Crippen LogP contribution in [-0.2, 0) is 138 Å². The number of ether oxygens (including phenoxy) is 14. The van der Waals surface area contributed by atoms with Gasteiger partial charge in [-0.25, -0.2) is 31.5 Å². The van der Waals surface area contributed by atoms with Crippen molar-refractivity contribution in [2.75, 3.05) is 218 Å². The monoisotopic (exact) mass is 1600 g/mol. The molecule has 4 rings (SSSR count). The van der Waals surface area contributed by atoms with Crippen LogP contribution < -0.4 is 49.3 Å². The Bertz CT molecular complexity index is 2740. The van der Waals surface area contributed by atoms with Crippen LogP contribution in [0.4, 0.5) is 9.59 Å². The molecule has 0 spiro atoms. The number of rotatable bonds is 59. The molecule has 0 bridgehead atoms. The van der Waals surface area contributed by atoms with Gasteiger partial charge in [0, 0.05) is 110 Å². The molecule has 0 unspecified atom stereocenters. The Kier molecular flexibility index (Phi) is 59.2. The zero-order valence-electron chi connectivity index (χ0n) is 64.1. The molecule has 0 saturated carbocycles. The topological polar surface area (TPSA) is 561 Å². The van der Waals surface area contributed by atoms with Crippen molar-refractivity contribution in [3.8, 4) is 0 Å². The minimum absolute atomic E-state index is 0.0481. The molecule has 4 saturated heterocycles. The minimum Gasteiger partial charge on any atom is -0.452 e. The molecule has 634 valence electrons. The van der Waals surface area contributed by atoms with Crippen LogP contribution in [-0.4, -0.2) is 338 Å². The zero-order valence-corrected chi connectivity index (χ0v) is 64.1. The Balaban J connectivity index is 0.000000804. The summed E-state index contributed by atoms with van der Waals surface area (Å²) in [6.07, 6.45) is 0.701. The van der Waals surface area contributed by atoms with Gasteiger partial charge in [-0.1, -0.05) is 0 Å². The van der Waals surface area contributed by atoms with Gasteiger partial charge in [-0.05, 0) is 20.8 Å². The fourth-order valence-corrected chi connectivity index (χ4v) is 8.77. The number of methoxy groups -OCH3 is 1. The maximum Gasteiger partial charge on any atom is 0.426 e. The molecule has 4 aliphatic heterocycles. The maximum atomic E-state index is 11.8. The van der Waals surface area contributed by atoms with Gasteiger partial charge in [-0.3, -0.25) is 93.3 Å². The summed E-state index contributed by atoms with van der Waals surface area (Å²) in [5.74, 6) is 5.40. The van der Waals surface area contributed by atoms with Gasteiger partial charge in [-0.15, -0.1) is 5.06 Å². The first kappa shape index (κ1) is 101. The molecule has 0 aromatic rings. The summed E-state index contributed by atoms with van der Waals surface area (Å²) < 4.78 is 73.0. The number of ketones is 2. The number of likely N-dealkylation sites (tertiary alicyclic amines) is 3. The number of carbonyl (C=O) groups excluding carboxylic acids is 16. The molecule has 0 aliphatic carbocycles. The van der Waals surface area contributed by atoms with Crippen molar-refractivity contribution in [2.45, 2.75) is 116 Å². The summed E-state index contributed by atoms with van der Waals surface area (Å²) in [6, 6.07) is 0. The zero-order chi connectivity index (χ0) is 82.1. The molecule has 0 aromatic heterocycles. The smallest absolute Gasteiger partial charge is 0.426 e. The number of hydrazine groups is 3. The lowest BCUT2D eigenvalue weighted by Gasteiger charge is -2.19. The number of amides is 13. The summed E-state index contributed by atoms with van der Waals surface area (Å²) >= 11 is 0. The predicted octanol–water partition coefficient (Wildman–Crippen LogP) is -4.25. The summed E-state index contributed by atoms with van der Waals surface area (Å²) in [7, 11) is 1.24. The summed E-state index contributed by atoms with van der Waals surface area (Å²) in [5, 5.41) is 9.10. The number of hydrogen-bond acceptors (Lipinski definition) is 35. The average molecular weight is 1600 g/mol. The van der Waals surface area contributed by atoms with Crippen molar-refractivity contribution in [1.82, 2.24) is 57.4 Å². The molecule has 0 radical (unpaired) electrons. The predicted molar refractivity (Wildman–Crippen MR) is 381 cm³/mol. The lowest BCUT2D eigenvalue weighted by atomic mass is 10.2. The molecule has 0 aromatic carbocycles. The standard InChI is InChI=1S/C24H42N4O10.C22H33N3O11.C19H34N4O8.C2H6N2O2/c1-24(2,3)38-23(33)27-26-20(30)7-10-34-12-14-36-16-17-37-15-13-35-11-8-25-18-19(29)6-9-28-21(31)4-5-22(28)32;26-17(5-8-24-18(27)1-2-19(24)28)23-7-10-33-12-14-35-16-15-34-13-11-32-9-6-22(31)36-25-20(29)3-4-21(25)30;20-22-17(25)4-7-28-9-11-30-13-14-31-12-10-29-8-5-21-15-16(24)3-6-23-18(26)1-2-19(23)27;1-6-2(5)4-3/h25H,4-18H2,1-3H3,(H,26,30)(H,27,33);1-16H2,(H,23,26);21H,1-15,20H2,(H,22,25);3H2,1H3,(H,4,5). The number of carbonyl (C=O) groups is 16. The molecule has 4 fully saturated rings. The van der Waals surface area contributed by atoms with Crippen LogP contribution in [0.5, 0.6) is 0 Å². The van der Waals surface area contributed by atoms with Crippen LogP contribution in [0.1, 0.15) is 111 Å². The quantitative estimate of drug-likeness (QED) is 0.00915. The molecule has 13 amide bonds. The van der Waals surface area contributed by atoms with Crippen LogP contribution in [0, 0.1) is 0 Å². The molecular formula is C67H115N13O31. The Morgan fingerprint density at radius 2 is 0.649 bits per heavy atom. The van der Waals surface area contributed by atoms with E-state index in [0.717, 1.165) is 14.7 Å². The van der Waals surface area contributed by atoms with Crippen LogP contribution in [0.15, 0.2) is 0 Å². The number of nitrogens with one attached hydrogen (secondary N) is 7. The van der Waals surface area contributed by atoms with Gasteiger partial charge < -0.3 is 87.1 Å². The highest BCUT2D eigenvalue weighted by molar-refractivity contribution is 6.04. The van der Waals surface area contributed by atoms with Gasteiger partial charge in [0.25, 0.3) is 11.8 Å². The SMILES string of the molecule is CC(C)(C)OC(=O)NNC(=O)CCOCCOCCOCCOCCNCC(=O)CCN1C(=O)CCC1=O.COC(=O)NN.NNC(=O)CCOCCOCCOCCOCCNCC(=O)CCN1C(=O)CCC1=O.O=C(CCN1C(=O)CCC1=O)NCCOCCOCCOCCOCCC(=O)ON1C(=O)CCC1=O. The molecular weight excluding hydrogens is 1480 g/mol. The van der Waals surface area contributed by atoms with Gasteiger partial charge in [0.2, 0.25) is 53.2 Å². The summed E-state index contributed by atoms with van der Waals surface area (Å²) in [5.41, 5.74) is 7.52. The fourth-order valence-electron chi connectivity index (χ4n) is 8.77. The van der Waals surface area contributed by atoms with Crippen LogP contribution >= 0.6 is 0 Å². The van der Waals surface area contributed by atoms with Crippen LogP contribution in [0.2, 0.25) is 0 Å². The number of Topliss-reactive ketones (excluding diaryl/α,β-unsaturated/α-hetero) is 2. The Hall–Kier alpha value is -8.32. The second-order valence-corrected chi connectivity index (χ2v) is 24.4. The number of hydrogen-bond donors (Lipinski definition) is 9. The van der Waals surface area contributed by atoms with Gasteiger partial charge in [0.15, 0.2) is 0 Å². The van der Waals surface area contributed by atoms with Crippen molar-refractivity contribution in [3.05, 3.63) is 0 Å². The largest absolute Gasteiger partial charge is 0.452 e. The van der Waals surface area contributed by atoms with Gasteiger partial charge in [0.05, 0.1) is 198 Å². The van der Waals surface area contributed by atoms with E-state index in [0.29, 0.717) is 163 Å². The molecule has 0 atom stereocenters. The van der Waals surface area contributed by atoms with Gasteiger partial charge in [-0.2, -0.15) is 0 Å². The molecule has 44 heteroatoms. The summed E-state index contributed by atoms with van der Waals surface area (Å²) in [4.78, 5) is 190. The van der Waals surface area contributed by atoms with E-state index in [2.05, 4.69) is 37.4 Å². The average Bonchev–Trinajstić information content (AvgIpc) is 1.77. The fraction of sp³-hybridized carbons (Fsp3) is 0.761. The van der Waals surface area contributed by atoms with Crippen molar-refractivity contribution >= 4 is 94.7 Å². The van der Waals surface area contributed by atoms with Crippen molar-refractivity contribution in [1.29, 1.82) is 0 Å². The van der Waals surface area contributed by atoms with Gasteiger partial charge in [0.1, 0.15) is 17.2 Å². The van der Waals surface area contributed by atoms with E-state index in [4.69, 9.17) is 72.3 Å². The lowest BCUT2D eigenvalue weighted by Crippen LogP contribution is -2.44. The highest BCUT2D eigenvalue weighted by Crippen LogP contribution is 2.15. The first-order valence-corrected chi connectivity index (χ1v) is 36.3. The van der Waals surface area contributed by atoms with E-state index in [-0.39, 0.29) is 201 Å². The van der Waals surface area contributed by atoms with E-state index < -0.39 is 41.5 Å². The molecule has 4 heterocycles. The normalized spacial score (nSPS) is 14.0. The first-order chi connectivity index (χ1) is 53.3. The van der Waals surface area contributed by atoms with E-state index >= 15 is 0 Å². The third kappa shape index (κ3) is 55.7. The van der Waals surface area contributed by atoms with E-state index in [1.807, 2.05) is 5.43 Å². The highest BCUT2D eigenvalue weighted by atomic mass is 16.7. The minimum atomic E-state index is -0.736. The molecule has 44 nitrogen and oxygen atoms in total. The molecule has 111 heavy (non-hydrogen) atoms. The van der Waals surface area contributed by atoms with E-state index in [9.17, 15) is 76.7 Å². The van der Waals surface area contributed by atoms with E-state index in [1.54, 1.807) is 26.2 Å². The second kappa shape index (κ2) is 65.3. The number of imide groups is 4. The second-order valence-electron chi connectivity index (χ2n) is 24.4. The van der Waals surface area contributed by atoms with Crippen molar-refractivity contribution in [2.24, 2.45) is 11.7 Å². The summed E-state index contributed by atoms with van der Waals surface area (Å²) in [6.45, 7) is 15.8. The Morgan fingerprint density at radius 1 is 0.342 bits per heavy atom. The molecule has 11 N–H and O–H groups in total. The first-order valence-electron chi connectivity index (χ1n) is 36.3. The maximum absolute atomic E-state index is 11.8.